The third-order valence-corrected chi connectivity index (χ3v) is 3.42. The number of ether oxygens (including phenoxy) is 2. The number of para-hydroxylation sites is 1. The summed E-state index contributed by atoms with van der Waals surface area (Å²) in [5.74, 6) is -0.197. The number of benzene rings is 2. The van der Waals surface area contributed by atoms with Crippen LogP contribution in [-0.2, 0) is 14.3 Å². The fourth-order valence-corrected chi connectivity index (χ4v) is 2.05. The fraction of sp³-hybridized carbons (Fsp3) is 0.250. The SMILES string of the molecule is CCCNC(=O)CNC(=O)COC(=O)c1ccc(Oc2ccccc2)cc1. The summed E-state index contributed by atoms with van der Waals surface area (Å²) in [7, 11) is 0. The van der Waals surface area contributed by atoms with Crippen LogP contribution in [-0.4, -0.2) is 37.5 Å². The van der Waals surface area contributed by atoms with Gasteiger partial charge in [0.1, 0.15) is 11.5 Å². The molecule has 7 nitrogen and oxygen atoms in total. The summed E-state index contributed by atoms with van der Waals surface area (Å²) in [6, 6.07) is 15.6. The molecule has 0 heterocycles. The van der Waals surface area contributed by atoms with Gasteiger partial charge in [-0.15, -0.1) is 0 Å². The maximum atomic E-state index is 12.0. The van der Waals surface area contributed by atoms with E-state index < -0.39 is 18.5 Å². The van der Waals surface area contributed by atoms with Gasteiger partial charge in [0.15, 0.2) is 6.61 Å². The van der Waals surface area contributed by atoms with Gasteiger partial charge < -0.3 is 20.1 Å². The molecule has 0 radical (unpaired) electrons. The van der Waals surface area contributed by atoms with Crippen molar-refractivity contribution in [3.8, 4) is 11.5 Å². The molecule has 2 aromatic carbocycles. The van der Waals surface area contributed by atoms with Crippen LogP contribution in [0.5, 0.6) is 11.5 Å². The van der Waals surface area contributed by atoms with Gasteiger partial charge in [0.2, 0.25) is 5.91 Å². The molecule has 0 spiro atoms. The number of amides is 2. The molecule has 2 N–H and O–H groups in total. The Morgan fingerprint density at radius 2 is 1.52 bits per heavy atom. The van der Waals surface area contributed by atoms with Gasteiger partial charge in [-0.2, -0.15) is 0 Å². The molecule has 0 bridgehead atoms. The first-order valence-corrected chi connectivity index (χ1v) is 8.62. The molecular weight excluding hydrogens is 348 g/mol. The second-order valence-electron chi connectivity index (χ2n) is 5.64. The summed E-state index contributed by atoms with van der Waals surface area (Å²) in [5.41, 5.74) is 0.295. The second kappa shape index (κ2) is 10.6. The molecule has 0 aliphatic rings. The Balaban J connectivity index is 1.75. The standard InChI is InChI=1S/C20H22N2O5/c1-2-12-21-18(23)13-22-19(24)14-26-20(25)15-8-10-17(11-9-15)27-16-6-4-3-5-7-16/h3-11H,2,12-14H2,1H3,(H,21,23)(H,22,24). The van der Waals surface area contributed by atoms with Gasteiger partial charge in [-0.25, -0.2) is 4.79 Å². The highest BCUT2D eigenvalue weighted by Gasteiger charge is 2.11. The van der Waals surface area contributed by atoms with Crippen LogP contribution in [0.3, 0.4) is 0 Å². The number of hydrogen-bond acceptors (Lipinski definition) is 5. The van der Waals surface area contributed by atoms with Crippen LogP contribution >= 0.6 is 0 Å². The van der Waals surface area contributed by atoms with Crippen molar-refractivity contribution in [1.82, 2.24) is 10.6 Å². The molecule has 2 rings (SSSR count). The van der Waals surface area contributed by atoms with Gasteiger partial charge in [0.05, 0.1) is 12.1 Å². The van der Waals surface area contributed by atoms with Crippen molar-refractivity contribution in [2.45, 2.75) is 13.3 Å². The van der Waals surface area contributed by atoms with E-state index in [1.807, 2.05) is 37.3 Å². The third kappa shape index (κ3) is 7.19. The molecule has 0 aliphatic heterocycles. The van der Waals surface area contributed by atoms with Crippen LogP contribution < -0.4 is 15.4 Å². The molecule has 2 aromatic rings. The highest BCUT2D eigenvalue weighted by Crippen LogP contribution is 2.21. The largest absolute Gasteiger partial charge is 0.457 e. The summed E-state index contributed by atoms with van der Waals surface area (Å²) in [5, 5.41) is 5.01. The number of esters is 1. The maximum absolute atomic E-state index is 12.0. The van der Waals surface area contributed by atoms with E-state index in [0.29, 0.717) is 23.6 Å². The first kappa shape index (κ1) is 20.0. The minimum Gasteiger partial charge on any atom is -0.457 e. The van der Waals surface area contributed by atoms with E-state index in [0.717, 1.165) is 6.42 Å². The van der Waals surface area contributed by atoms with Crippen LogP contribution in [0, 0.1) is 0 Å². The van der Waals surface area contributed by atoms with Crippen molar-refractivity contribution in [2.75, 3.05) is 19.7 Å². The lowest BCUT2D eigenvalue weighted by Crippen LogP contribution is -2.38. The topological polar surface area (TPSA) is 93.7 Å². The number of rotatable bonds is 9. The summed E-state index contributed by atoms with van der Waals surface area (Å²) >= 11 is 0. The molecule has 7 heteroatoms. The van der Waals surface area contributed by atoms with Gasteiger partial charge in [-0.1, -0.05) is 25.1 Å². The summed E-state index contributed by atoms with van der Waals surface area (Å²) < 4.78 is 10.6. The highest BCUT2D eigenvalue weighted by molar-refractivity contribution is 5.92. The van der Waals surface area contributed by atoms with E-state index in [9.17, 15) is 14.4 Å². The predicted octanol–water partition coefficient (Wildman–Crippen LogP) is 2.28. The molecule has 0 atom stereocenters. The zero-order valence-electron chi connectivity index (χ0n) is 15.1. The Labute approximate surface area is 157 Å². The van der Waals surface area contributed by atoms with Crippen LogP contribution in [0.4, 0.5) is 0 Å². The number of carbonyl (C=O) groups is 3. The molecule has 0 unspecified atom stereocenters. The molecule has 27 heavy (non-hydrogen) atoms. The molecule has 0 fully saturated rings. The second-order valence-corrected chi connectivity index (χ2v) is 5.64. The average molecular weight is 370 g/mol. The number of nitrogens with one attached hydrogen (secondary N) is 2. The Morgan fingerprint density at radius 1 is 0.852 bits per heavy atom. The Kier molecular flexibility index (Phi) is 7.84. The van der Waals surface area contributed by atoms with Gasteiger partial charge in [0.25, 0.3) is 5.91 Å². The first-order chi connectivity index (χ1) is 13.1. The van der Waals surface area contributed by atoms with Gasteiger partial charge in [0, 0.05) is 6.54 Å². The smallest absolute Gasteiger partial charge is 0.338 e. The highest BCUT2D eigenvalue weighted by atomic mass is 16.5. The molecule has 142 valence electrons. The van der Waals surface area contributed by atoms with E-state index >= 15 is 0 Å². The lowest BCUT2D eigenvalue weighted by atomic mass is 10.2. The first-order valence-electron chi connectivity index (χ1n) is 8.62. The van der Waals surface area contributed by atoms with Crippen molar-refractivity contribution in [3.63, 3.8) is 0 Å². The predicted molar refractivity (Wildman–Crippen MR) is 99.6 cm³/mol. The summed E-state index contributed by atoms with van der Waals surface area (Å²) in [4.78, 5) is 35.0. The van der Waals surface area contributed by atoms with Gasteiger partial charge in [-0.05, 0) is 42.8 Å². The molecule has 0 aromatic heterocycles. The van der Waals surface area contributed by atoms with E-state index in [4.69, 9.17) is 9.47 Å². The van der Waals surface area contributed by atoms with Crippen molar-refractivity contribution in [1.29, 1.82) is 0 Å². The molecule has 0 aliphatic carbocycles. The van der Waals surface area contributed by atoms with Crippen LogP contribution in [0.1, 0.15) is 23.7 Å². The zero-order chi connectivity index (χ0) is 19.5. The van der Waals surface area contributed by atoms with Gasteiger partial charge in [-0.3, -0.25) is 9.59 Å². The van der Waals surface area contributed by atoms with Crippen molar-refractivity contribution >= 4 is 17.8 Å². The molecule has 0 saturated heterocycles. The average Bonchev–Trinajstić information content (AvgIpc) is 2.70. The van der Waals surface area contributed by atoms with Crippen LogP contribution in [0.25, 0.3) is 0 Å². The van der Waals surface area contributed by atoms with E-state index in [2.05, 4.69) is 10.6 Å². The van der Waals surface area contributed by atoms with Crippen molar-refractivity contribution < 1.29 is 23.9 Å². The molecule has 2 amide bonds. The number of carbonyl (C=O) groups excluding carboxylic acids is 3. The fourth-order valence-electron chi connectivity index (χ4n) is 2.05. The normalized spacial score (nSPS) is 9.96. The Morgan fingerprint density at radius 3 is 2.19 bits per heavy atom. The van der Waals surface area contributed by atoms with Gasteiger partial charge >= 0.3 is 5.97 Å². The van der Waals surface area contributed by atoms with E-state index in [1.165, 1.54) is 0 Å². The maximum Gasteiger partial charge on any atom is 0.338 e. The monoisotopic (exact) mass is 370 g/mol. The lowest BCUT2D eigenvalue weighted by Gasteiger charge is -2.08. The molecular formula is C20H22N2O5. The van der Waals surface area contributed by atoms with Crippen molar-refractivity contribution in [2.24, 2.45) is 0 Å². The lowest BCUT2D eigenvalue weighted by molar-refractivity contribution is -0.127. The van der Waals surface area contributed by atoms with Crippen molar-refractivity contribution in [3.05, 3.63) is 60.2 Å². The summed E-state index contributed by atoms with van der Waals surface area (Å²) in [6.45, 7) is 1.87. The number of hydrogen-bond donors (Lipinski definition) is 2. The minimum absolute atomic E-state index is 0.151. The van der Waals surface area contributed by atoms with Crippen LogP contribution in [0.2, 0.25) is 0 Å². The molecule has 0 saturated carbocycles. The van der Waals surface area contributed by atoms with Crippen LogP contribution in [0.15, 0.2) is 54.6 Å². The Bertz CT molecular complexity index is 760. The summed E-state index contributed by atoms with van der Waals surface area (Å²) in [6.07, 6.45) is 0.812. The quantitative estimate of drug-likeness (QED) is 0.661. The zero-order valence-corrected chi connectivity index (χ0v) is 15.1. The Hall–Kier alpha value is -3.35. The third-order valence-electron chi connectivity index (χ3n) is 3.42. The van der Waals surface area contributed by atoms with E-state index in [-0.39, 0.29) is 12.5 Å². The minimum atomic E-state index is -0.633. The van der Waals surface area contributed by atoms with E-state index in [1.54, 1.807) is 24.3 Å².